The van der Waals surface area contributed by atoms with Crippen LogP contribution in [0.1, 0.15) is 48.9 Å². The molecule has 0 aliphatic carbocycles. The van der Waals surface area contributed by atoms with E-state index in [4.69, 9.17) is 13.3 Å². The molecular weight excluding hydrogens is 512 g/mol. The van der Waals surface area contributed by atoms with E-state index < -0.39 is 8.80 Å². The molecular formula is C34H48N2O3Si. The molecule has 0 spiro atoms. The third kappa shape index (κ3) is 9.51. The monoisotopic (exact) mass is 560 g/mol. The number of hydrogen-bond donors (Lipinski definition) is 0. The van der Waals surface area contributed by atoms with E-state index in [0.29, 0.717) is 6.04 Å². The van der Waals surface area contributed by atoms with Crippen molar-refractivity contribution in [2.24, 2.45) is 0 Å². The molecule has 0 bridgehead atoms. The molecule has 3 aromatic carbocycles. The van der Waals surface area contributed by atoms with Crippen molar-refractivity contribution in [3.05, 3.63) is 120 Å². The lowest BCUT2D eigenvalue weighted by molar-refractivity contribution is 0.106. The van der Waals surface area contributed by atoms with E-state index in [1.165, 1.54) is 16.7 Å². The quantitative estimate of drug-likeness (QED) is 0.113. The number of benzene rings is 3. The Morgan fingerprint density at radius 3 is 1.65 bits per heavy atom. The lowest BCUT2D eigenvalue weighted by Crippen LogP contribution is -2.46. The lowest BCUT2D eigenvalue weighted by Gasteiger charge is -2.37. The highest BCUT2D eigenvalue weighted by Gasteiger charge is 2.38. The van der Waals surface area contributed by atoms with Gasteiger partial charge in [-0.2, -0.15) is 0 Å². The zero-order chi connectivity index (χ0) is 28.6. The molecule has 40 heavy (non-hydrogen) atoms. The molecule has 0 fully saturated rings. The van der Waals surface area contributed by atoms with Gasteiger partial charge < -0.3 is 13.3 Å². The van der Waals surface area contributed by atoms with E-state index in [1.54, 1.807) is 21.3 Å². The molecule has 5 nitrogen and oxygen atoms in total. The van der Waals surface area contributed by atoms with Crippen LogP contribution >= 0.6 is 0 Å². The van der Waals surface area contributed by atoms with Crippen molar-refractivity contribution in [1.29, 1.82) is 0 Å². The Labute approximate surface area is 243 Å². The van der Waals surface area contributed by atoms with Crippen LogP contribution in [0.25, 0.3) is 0 Å². The van der Waals surface area contributed by atoms with Gasteiger partial charge in [0, 0.05) is 59.6 Å². The van der Waals surface area contributed by atoms with Crippen molar-refractivity contribution in [2.45, 2.75) is 57.4 Å². The van der Waals surface area contributed by atoms with Crippen molar-refractivity contribution in [3.63, 3.8) is 0 Å². The summed E-state index contributed by atoms with van der Waals surface area (Å²) < 4.78 is 17.3. The van der Waals surface area contributed by atoms with Gasteiger partial charge in [0.15, 0.2) is 0 Å². The van der Waals surface area contributed by atoms with Gasteiger partial charge in [-0.15, -0.1) is 6.58 Å². The fraction of sp³-hybridized carbons (Fsp3) is 0.412. The molecule has 6 heteroatoms. The van der Waals surface area contributed by atoms with Gasteiger partial charge in [0.1, 0.15) is 0 Å². The van der Waals surface area contributed by atoms with E-state index in [0.717, 1.165) is 51.5 Å². The van der Waals surface area contributed by atoms with Crippen LogP contribution in [-0.4, -0.2) is 59.1 Å². The van der Waals surface area contributed by atoms with Crippen LogP contribution < -0.4 is 0 Å². The van der Waals surface area contributed by atoms with Crippen LogP contribution in [0.2, 0.25) is 6.04 Å². The molecule has 3 rings (SSSR count). The molecule has 0 aromatic heterocycles. The molecule has 0 saturated carbocycles. The minimum absolute atomic E-state index is 0.125. The van der Waals surface area contributed by atoms with Gasteiger partial charge in [0.2, 0.25) is 0 Å². The highest BCUT2D eigenvalue weighted by Crippen LogP contribution is 2.26. The van der Waals surface area contributed by atoms with Crippen molar-refractivity contribution in [3.8, 4) is 0 Å². The van der Waals surface area contributed by atoms with Crippen LogP contribution in [0, 0.1) is 0 Å². The van der Waals surface area contributed by atoms with Gasteiger partial charge >= 0.3 is 8.80 Å². The summed E-state index contributed by atoms with van der Waals surface area (Å²) in [5.74, 6) is 0. The molecule has 0 N–H and O–H groups in total. The van der Waals surface area contributed by atoms with Crippen molar-refractivity contribution < 1.29 is 13.3 Å². The maximum absolute atomic E-state index is 5.78. The minimum Gasteiger partial charge on any atom is -0.377 e. The highest BCUT2D eigenvalue weighted by atomic mass is 28.4. The normalized spacial score (nSPS) is 13.4. The molecule has 216 valence electrons. The Kier molecular flexibility index (Phi) is 13.8. The second-order valence-electron chi connectivity index (χ2n) is 10.3. The fourth-order valence-electron chi connectivity index (χ4n) is 5.49. The summed E-state index contributed by atoms with van der Waals surface area (Å²) in [6.45, 7) is 10.1. The van der Waals surface area contributed by atoms with Crippen molar-refractivity contribution >= 4 is 8.80 Å². The first-order valence-electron chi connectivity index (χ1n) is 14.5. The van der Waals surface area contributed by atoms with E-state index in [9.17, 15) is 0 Å². The summed E-state index contributed by atoms with van der Waals surface area (Å²) in [4.78, 5) is 5.21. The standard InChI is InChI=1S/C34H48N2O3Si/c1-6-17-33(24-27-40(37-3,38-4)39-5)35(28-30-18-11-8-12-19-30)25-26-36(29-31-20-13-9-14-21-31)34(7-2)32-22-15-10-16-23-32/h7-16,18-23,33-34H,2,6,17,24-29H2,1,3-5H3. The Balaban J connectivity index is 1.88. The second-order valence-corrected chi connectivity index (χ2v) is 13.4. The summed E-state index contributed by atoms with van der Waals surface area (Å²) in [5, 5.41) is 0. The molecule has 2 atom stereocenters. The second kappa shape index (κ2) is 17.3. The van der Waals surface area contributed by atoms with Gasteiger partial charge in [-0.25, -0.2) is 0 Å². The van der Waals surface area contributed by atoms with Crippen LogP contribution in [0.15, 0.2) is 104 Å². The smallest absolute Gasteiger partial charge is 0.377 e. The molecule has 3 aromatic rings. The molecule has 0 aliphatic heterocycles. The topological polar surface area (TPSA) is 34.2 Å². The highest BCUT2D eigenvalue weighted by molar-refractivity contribution is 6.60. The first kappa shape index (κ1) is 31.9. The van der Waals surface area contributed by atoms with Crippen LogP contribution in [0.4, 0.5) is 0 Å². The van der Waals surface area contributed by atoms with Gasteiger partial charge in [-0.1, -0.05) is 110 Å². The van der Waals surface area contributed by atoms with E-state index in [1.807, 2.05) is 0 Å². The summed E-state index contributed by atoms with van der Waals surface area (Å²) in [6, 6.07) is 33.6. The number of rotatable bonds is 19. The zero-order valence-electron chi connectivity index (χ0n) is 24.9. The zero-order valence-corrected chi connectivity index (χ0v) is 25.9. The third-order valence-corrected chi connectivity index (χ3v) is 10.5. The van der Waals surface area contributed by atoms with Crippen LogP contribution in [0.3, 0.4) is 0 Å². The largest absolute Gasteiger partial charge is 0.500 e. The molecule has 2 unspecified atom stereocenters. The van der Waals surface area contributed by atoms with E-state index in [2.05, 4.69) is 120 Å². The number of hydrogen-bond acceptors (Lipinski definition) is 5. The lowest BCUT2D eigenvalue weighted by atomic mass is 10.0. The predicted octanol–water partition coefficient (Wildman–Crippen LogP) is 7.36. The third-order valence-electron chi connectivity index (χ3n) is 7.74. The van der Waals surface area contributed by atoms with E-state index >= 15 is 0 Å². The summed E-state index contributed by atoms with van der Waals surface area (Å²) in [5.41, 5.74) is 3.90. The molecule has 0 amide bonds. The average molecular weight is 561 g/mol. The van der Waals surface area contributed by atoms with Crippen molar-refractivity contribution in [1.82, 2.24) is 9.80 Å². The maximum atomic E-state index is 5.78. The fourth-order valence-corrected chi connectivity index (χ4v) is 7.29. The number of nitrogens with zero attached hydrogens (tertiary/aromatic N) is 2. The summed E-state index contributed by atoms with van der Waals surface area (Å²) in [6.07, 6.45) is 5.27. The van der Waals surface area contributed by atoms with Crippen molar-refractivity contribution in [2.75, 3.05) is 34.4 Å². The molecule has 0 aliphatic rings. The Bertz CT molecular complexity index is 1070. The SMILES string of the molecule is C=CC(c1ccccc1)N(CCN(Cc1ccccc1)C(CCC)CC[Si](OC)(OC)OC)Cc1ccccc1. The van der Waals surface area contributed by atoms with Crippen LogP contribution in [0.5, 0.6) is 0 Å². The maximum Gasteiger partial charge on any atom is 0.500 e. The molecule has 0 saturated heterocycles. The first-order chi connectivity index (χ1) is 19.6. The Morgan fingerprint density at radius 2 is 1.18 bits per heavy atom. The summed E-state index contributed by atoms with van der Waals surface area (Å²) in [7, 11) is 2.45. The average Bonchev–Trinajstić information content (AvgIpc) is 3.01. The van der Waals surface area contributed by atoms with Gasteiger partial charge in [0.05, 0.1) is 6.04 Å². The first-order valence-corrected chi connectivity index (χ1v) is 16.4. The van der Waals surface area contributed by atoms with E-state index in [-0.39, 0.29) is 6.04 Å². The minimum atomic E-state index is -2.66. The van der Waals surface area contributed by atoms with Gasteiger partial charge in [0.25, 0.3) is 0 Å². The van der Waals surface area contributed by atoms with Gasteiger partial charge in [-0.3, -0.25) is 9.80 Å². The summed E-state index contributed by atoms with van der Waals surface area (Å²) >= 11 is 0. The van der Waals surface area contributed by atoms with Crippen LogP contribution in [-0.2, 0) is 26.4 Å². The predicted molar refractivity (Wildman–Crippen MR) is 168 cm³/mol. The Hall–Kier alpha value is -2.58. The molecule has 0 radical (unpaired) electrons. The molecule has 0 heterocycles. The van der Waals surface area contributed by atoms with Gasteiger partial charge in [-0.05, 0) is 29.5 Å². The Morgan fingerprint density at radius 1 is 0.700 bits per heavy atom.